The van der Waals surface area contributed by atoms with Gasteiger partial charge in [0.05, 0.1) is 10.6 Å². The highest BCUT2D eigenvalue weighted by Gasteiger charge is 2.10. The van der Waals surface area contributed by atoms with Crippen LogP contribution in [0.25, 0.3) is 6.08 Å². The van der Waals surface area contributed by atoms with E-state index < -0.39 is 10.8 Å². The summed E-state index contributed by atoms with van der Waals surface area (Å²) in [5, 5.41) is 10.5. The minimum absolute atomic E-state index is 0.0498. The molecule has 0 saturated carbocycles. The van der Waals surface area contributed by atoms with E-state index in [4.69, 9.17) is 5.73 Å². The lowest BCUT2D eigenvalue weighted by Crippen LogP contribution is -2.05. The van der Waals surface area contributed by atoms with Crippen molar-refractivity contribution in [3.63, 3.8) is 0 Å². The number of carbonyl (C=O) groups excluding carboxylic acids is 1. The number of primary amides is 1. The van der Waals surface area contributed by atoms with Crippen LogP contribution in [-0.4, -0.2) is 15.8 Å². The second kappa shape index (κ2) is 4.32. The highest BCUT2D eigenvalue weighted by Crippen LogP contribution is 2.16. The summed E-state index contributed by atoms with van der Waals surface area (Å²) in [6.07, 6.45) is 3.70. The van der Waals surface area contributed by atoms with Crippen LogP contribution in [0.4, 0.5) is 5.69 Å². The first kappa shape index (κ1) is 10.8. The maximum absolute atomic E-state index is 10.5. The monoisotopic (exact) mass is 207 g/mol. The van der Waals surface area contributed by atoms with Crippen molar-refractivity contribution in [2.24, 2.45) is 5.73 Å². The van der Waals surface area contributed by atoms with Gasteiger partial charge in [0.2, 0.25) is 5.91 Å². The third kappa shape index (κ3) is 2.87. The average molecular weight is 207 g/mol. The summed E-state index contributed by atoms with van der Waals surface area (Å²) >= 11 is 0. The molecule has 0 fully saturated rings. The maximum atomic E-state index is 10.5. The van der Waals surface area contributed by atoms with E-state index in [0.29, 0.717) is 11.3 Å². The smallest absolute Gasteiger partial charge is 0.290 e. The van der Waals surface area contributed by atoms with E-state index in [1.54, 1.807) is 6.92 Å². The highest BCUT2D eigenvalue weighted by atomic mass is 16.6. The summed E-state index contributed by atoms with van der Waals surface area (Å²) in [7, 11) is 0. The normalized spacial score (nSPS) is 10.5. The highest BCUT2D eigenvalue weighted by molar-refractivity contribution is 5.90. The van der Waals surface area contributed by atoms with Gasteiger partial charge < -0.3 is 5.73 Å². The van der Waals surface area contributed by atoms with Crippen LogP contribution in [0.5, 0.6) is 0 Å². The van der Waals surface area contributed by atoms with Crippen LogP contribution in [0.1, 0.15) is 11.3 Å². The van der Waals surface area contributed by atoms with Gasteiger partial charge in [-0.1, -0.05) is 0 Å². The Kier molecular flexibility index (Phi) is 3.12. The van der Waals surface area contributed by atoms with Crippen LogP contribution in [-0.2, 0) is 4.79 Å². The molecule has 2 N–H and O–H groups in total. The molecule has 15 heavy (non-hydrogen) atoms. The first-order valence-electron chi connectivity index (χ1n) is 4.09. The Labute approximate surface area is 85.6 Å². The lowest BCUT2D eigenvalue weighted by atomic mass is 10.2. The first-order chi connectivity index (χ1) is 7.00. The van der Waals surface area contributed by atoms with Crippen molar-refractivity contribution in [2.45, 2.75) is 6.92 Å². The van der Waals surface area contributed by atoms with E-state index in [-0.39, 0.29) is 5.69 Å². The Balaban J connectivity index is 3.01. The second-order valence-corrected chi connectivity index (χ2v) is 2.89. The van der Waals surface area contributed by atoms with Crippen molar-refractivity contribution in [1.82, 2.24) is 4.98 Å². The number of aryl methyl sites for hydroxylation is 1. The van der Waals surface area contributed by atoms with Crippen LogP contribution in [0, 0.1) is 17.0 Å². The van der Waals surface area contributed by atoms with Crippen LogP contribution < -0.4 is 5.73 Å². The number of rotatable bonds is 3. The van der Waals surface area contributed by atoms with Crippen molar-refractivity contribution in [3.8, 4) is 0 Å². The lowest BCUT2D eigenvalue weighted by molar-refractivity contribution is -0.385. The van der Waals surface area contributed by atoms with Crippen molar-refractivity contribution in [2.75, 3.05) is 0 Å². The summed E-state index contributed by atoms with van der Waals surface area (Å²) in [5.74, 6) is -0.590. The Morgan fingerprint density at radius 3 is 2.80 bits per heavy atom. The number of hydrogen-bond donors (Lipinski definition) is 1. The predicted molar refractivity (Wildman–Crippen MR) is 53.9 cm³/mol. The molecule has 0 unspecified atom stereocenters. The molecular formula is C9H9N3O3. The number of aromatic nitrogens is 1. The van der Waals surface area contributed by atoms with Gasteiger partial charge >= 0.3 is 0 Å². The fraction of sp³-hybridized carbons (Fsp3) is 0.111. The molecule has 1 heterocycles. The fourth-order valence-electron chi connectivity index (χ4n) is 1.02. The zero-order valence-electron chi connectivity index (χ0n) is 8.01. The van der Waals surface area contributed by atoms with Crippen LogP contribution in [0.2, 0.25) is 0 Å². The van der Waals surface area contributed by atoms with Gasteiger partial charge in [-0.05, 0) is 19.1 Å². The quantitative estimate of drug-likeness (QED) is 0.450. The summed E-state index contributed by atoms with van der Waals surface area (Å²) in [6, 6.07) is 1.51. The van der Waals surface area contributed by atoms with Crippen molar-refractivity contribution >= 4 is 17.7 Å². The second-order valence-electron chi connectivity index (χ2n) is 2.89. The molecule has 6 nitrogen and oxygen atoms in total. The minimum atomic E-state index is -0.590. The molecule has 1 amide bonds. The maximum Gasteiger partial charge on any atom is 0.290 e. The standard InChI is InChI=1S/C9H9N3O3/c1-6-4-7(2-3-9(10)13)11-5-8(6)12(14)15/h2-5H,1H3,(H2,10,13). The van der Waals surface area contributed by atoms with Crippen LogP contribution in [0.3, 0.4) is 0 Å². The third-order valence-electron chi connectivity index (χ3n) is 1.72. The lowest BCUT2D eigenvalue weighted by Gasteiger charge is -1.97. The molecular weight excluding hydrogens is 198 g/mol. The number of hydrogen-bond acceptors (Lipinski definition) is 4. The van der Waals surface area contributed by atoms with E-state index in [1.807, 2.05) is 0 Å². The summed E-state index contributed by atoms with van der Waals surface area (Å²) in [6.45, 7) is 1.60. The zero-order chi connectivity index (χ0) is 11.4. The number of nitro groups is 1. The number of pyridine rings is 1. The van der Waals surface area contributed by atoms with Crippen molar-refractivity contribution in [1.29, 1.82) is 0 Å². The molecule has 0 atom stereocenters. The van der Waals surface area contributed by atoms with Gasteiger partial charge in [0.25, 0.3) is 5.69 Å². The molecule has 0 aliphatic rings. The number of carbonyl (C=O) groups is 1. The molecule has 78 valence electrons. The van der Waals surface area contributed by atoms with Crippen molar-refractivity contribution < 1.29 is 9.72 Å². The van der Waals surface area contributed by atoms with E-state index in [1.165, 1.54) is 12.1 Å². The fourth-order valence-corrected chi connectivity index (χ4v) is 1.02. The van der Waals surface area contributed by atoms with E-state index in [9.17, 15) is 14.9 Å². The van der Waals surface area contributed by atoms with Crippen LogP contribution >= 0.6 is 0 Å². The summed E-state index contributed by atoms with van der Waals surface area (Å²) in [5.41, 5.74) is 5.79. The molecule has 0 saturated heterocycles. The largest absolute Gasteiger partial charge is 0.366 e. The SMILES string of the molecule is Cc1cc(C=CC(N)=O)ncc1[N+](=O)[O-]. The molecule has 0 radical (unpaired) electrons. The average Bonchev–Trinajstić information content (AvgIpc) is 2.14. The molecule has 1 aromatic rings. The van der Waals surface area contributed by atoms with Gasteiger partial charge in [-0.25, -0.2) is 4.98 Å². The van der Waals surface area contributed by atoms with Gasteiger partial charge in [0, 0.05) is 11.6 Å². The molecule has 0 spiro atoms. The Morgan fingerprint density at radius 1 is 1.67 bits per heavy atom. The van der Waals surface area contributed by atoms with Gasteiger partial charge in [0.1, 0.15) is 6.20 Å². The molecule has 6 heteroatoms. The number of amides is 1. The zero-order valence-corrected chi connectivity index (χ0v) is 8.01. The van der Waals surface area contributed by atoms with Gasteiger partial charge in [-0.15, -0.1) is 0 Å². The van der Waals surface area contributed by atoms with E-state index >= 15 is 0 Å². The minimum Gasteiger partial charge on any atom is -0.366 e. The van der Waals surface area contributed by atoms with Crippen LogP contribution in [0.15, 0.2) is 18.3 Å². The number of nitrogens with two attached hydrogens (primary N) is 1. The molecule has 1 rings (SSSR count). The molecule has 0 bridgehead atoms. The first-order valence-corrected chi connectivity index (χ1v) is 4.09. The summed E-state index contributed by atoms with van der Waals surface area (Å²) in [4.78, 5) is 24.2. The Morgan fingerprint density at radius 2 is 2.33 bits per heavy atom. The van der Waals surface area contributed by atoms with E-state index in [0.717, 1.165) is 12.3 Å². The summed E-state index contributed by atoms with van der Waals surface area (Å²) < 4.78 is 0. The van der Waals surface area contributed by atoms with E-state index in [2.05, 4.69) is 4.98 Å². The van der Waals surface area contributed by atoms with Crippen molar-refractivity contribution in [3.05, 3.63) is 39.7 Å². The molecule has 1 aromatic heterocycles. The molecule has 0 aromatic carbocycles. The Bertz CT molecular complexity index is 440. The number of nitrogens with zero attached hydrogens (tertiary/aromatic N) is 2. The van der Waals surface area contributed by atoms with Gasteiger partial charge in [-0.3, -0.25) is 14.9 Å². The molecule has 0 aliphatic carbocycles. The Hall–Kier alpha value is -2.24. The predicted octanol–water partition coefficient (Wildman–Crippen LogP) is 0.797. The van der Waals surface area contributed by atoms with Gasteiger partial charge in [-0.2, -0.15) is 0 Å². The third-order valence-corrected chi connectivity index (χ3v) is 1.72. The molecule has 0 aliphatic heterocycles. The topological polar surface area (TPSA) is 99.1 Å². The van der Waals surface area contributed by atoms with Gasteiger partial charge in [0.15, 0.2) is 0 Å².